The van der Waals surface area contributed by atoms with Gasteiger partial charge < -0.3 is 29.7 Å². The third-order valence-electron chi connectivity index (χ3n) is 6.68. The van der Waals surface area contributed by atoms with Gasteiger partial charge in [0.1, 0.15) is 5.75 Å². The second kappa shape index (κ2) is 16.9. The monoisotopic (exact) mass is 718 g/mol. The Labute approximate surface area is 282 Å². The second-order valence-electron chi connectivity index (χ2n) is 11.8. The van der Waals surface area contributed by atoms with E-state index in [9.17, 15) is 33.0 Å². The fourth-order valence-electron chi connectivity index (χ4n) is 4.06. The minimum absolute atomic E-state index is 0.00386. The Kier molecular flexibility index (Phi) is 13.9. The van der Waals surface area contributed by atoms with Crippen molar-refractivity contribution in [2.24, 2.45) is 5.92 Å². The summed E-state index contributed by atoms with van der Waals surface area (Å²) in [4.78, 5) is 32.2. The van der Waals surface area contributed by atoms with Gasteiger partial charge in [0.05, 0.1) is 28.5 Å². The molecule has 1 fully saturated rings. The molecule has 15 heteroatoms. The largest absolute Gasteiger partial charge is 0.524 e. The third-order valence-corrected chi connectivity index (χ3v) is 7.84. The summed E-state index contributed by atoms with van der Waals surface area (Å²) in [5, 5.41) is 16.5. The molecule has 2 aromatic rings. The molecule has 0 saturated heterocycles. The van der Waals surface area contributed by atoms with Crippen molar-refractivity contribution in [3.8, 4) is 17.2 Å². The van der Waals surface area contributed by atoms with E-state index in [1.54, 1.807) is 25.1 Å². The van der Waals surface area contributed by atoms with Gasteiger partial charge in [0.2, 0.25) is 0 Å². The molecule has 0 aromatic heterocycles. The van der Waals surface area contributed by atoms with E-state index in [1.807, 2.05) is 20.8 Å². The summed E-state index contributed by atoms with van der Waals surface area (Å²) in [5.74, 6) is -0.670. The highest BCUT2D eigenvalue weighted by atomic mass is 35.5. The van der Waals surface area contributed by atoms with Crippen LogP contribution in [0.2, 0.25) is 0 Å². The number of ether oxygens (including phenoxy) is 2. The fraction of sp³-hybridized carbons (Fsp3) is 0.406. The first-order valence-electron chi connectivity index (χ1n) is 14.7. The smallest absolute Gasteiger partial charge is 0.489 e. The van der Waals surface area contributed by atoms with Crippen LogP contribution in [0.15, 0.2) is 70.4 Å². The zero-order chi connectivity index (χ0) is 34.9. The van der Waals surface area contributed by atoms with Crippen LogP contribution in [0.3, 0.4) is 0 Å². The van der Waals surface area contributed by atoms with Gasteiger partial charge in [-0.05, 0) is 94.3 Å². The average molecular weight is 720 g/mol. The molecule has 1 aliphatic rings. The Bertz CT molecular complexity index is 1550. The van der Waals surface area contributed by atoms with Crippen molar-refractivity contribution in [1.29, 1.82) is 0 Å². The minimum Gasteiger partial charge on any atom is -0.489 e. The molecule has 1 saturated carbocycles. The first kappa shape index (κ1) is 38.5. The maximum Gasteiger partial charge on any atom is 0.524 e. The summed E-state index contributed by atoms with van der Waals surface area (Å²) in [6.07, 6.45) is 5.55. The number of benzene rings is 2. The van der Waals surface area contributed by atoms with Gasteiger partial charge in [0, 0.05) is 17.6 Å². The van der Waals surface area contributed by atoms with Crippen LogP contribution >= 0.6 is 31.0 Å². The van der Waals surface area contributed by atoms with Crippen molar-refractivity contribution in [2.45, 2.75) is 65.2 Å². The van der Waals surface area contributed by atoms with E-state index < -0.39 is 26.4 Å². The molecular formula is C32H39Cl2F2N2O8P. The van der Waals surface area contributed by atoms with Crippen molar-refractivity contribution < 1.29 is 47.0 Å². The number of carbonyl (C=O) groups excluding carboxylic acids is 1. The summed E-state index contributed by atoms with van der Waals surface area (Å²) in [6.45, 7) is 4.85. The third kappa shape index (κ3) is 13.2. The zero-order valence-electron chi connectivity index (χ0n) is 26.3. The van der Waals surface area contributed by atoms with E-state index in [-0.39, 0.29) is 57.1 Å². The van der Waals surface area contributed by atoms with E-state index in [1.165, 1.54) is 36.4 Å². The maximum atomic E-state index is 13.2. The number of amides is 1. The van der Waals surface area contributed by atoms with Crippen LogP contribution in [0, 0.1) is 5.92 Å². The Morgan fingerprint density at radius 3 is 2.40 bits per heavy atom. The van der Waals surface area contributed by atoms with Crippen molar-refractivity contribution in [3.63, 3.8) is 0 Å². The molecule has 10 nitrogen and oxygen atoms in total. The lowest BCUT2D eigenvalue weighted by molar-refractivity contribution is -0.0515. The number of β-amino-alcohol motifs (C(OH)–C–C–N with tert-alkyl or cyclic N) is 1. The van der Waals surface area contributed by atoms with Gasteiger partial charge in [-0.1, -0.05) is 47.5 Å². The lowest BCUT2D eigenvalue weighted by Gasteiger charge is -2.23. The van der Waals surface area contributed by atoms with Crippen LogP contribution in [-0.2, 0) is 11.0 Å². The Balaban J connectivity index is 1.83. The highest BCUT2D eigenvalue weighted by molar-refractivity contribution is 7.46. The number of halogens is 4. The maximum absolute atomic E-state index is 13.2. The minimum atomic E-state index is -4.94. The van der Waals surface area contributed by atoms with Gasteiger partial charge in [-0.25, -0.2) is 4.57 Å². The van der Waals surface area contributed by atoms with E-state index in [2.05, 4.69) is 15.4 Å². The molecule has 5 N–H and O–H groups in total. The molecule has 1 atom stereocenters. The molecule has 47 heavy (non-hydrogen) atoms. The SMILES string of the molecule is C\C=C(Cl)/C(NC(=O)c1ccc(OC(F)F)c(OCC2CC2)c1)=C(Cl)\C=C\Cc1ccc(C(O)CNC(C)(C)C)cc1OP(=O)(O)O. The molecule has 0 radical (unpaired) electrons. The van der Waals surface area contributed by atoms with Gasteiger partial charge >= 0.3 is 14.4 Å². The molecule has 2 aromatic carbocycles. The molecular weight excluding hydrogens is 680 g/mol. The van der Waals surface area contributed by atoms with Crippen molar-refractivity contribution in [1.82, 2.24) is 10.6 Å². The standard InChI is InChI=1S/C32H39Cl2F2N2O8P/c1-5-23(33)29(38-30(40)22-13-14-26(45-31(35)36)28(16-22)44-18-19-9-10-19)24(34)8-6-7-20-11-12-21(15-27(20)46-47(41,42)43)25(39)17-37-32(2,3)4/h5-6,8,11-16,19,25,31,37,39H,7,9-10,17-18H2,1-4H3,(H,38,40)(H2,41,42,43)/b8-6+,23-5+,29-24-. The van der Waals surface area contributed by atoms with Gasteiger partial charge in [-0.3, -0.25) is 14.6 Å². The number of aliphatic hydroxyl groups excluding tert-OH is 1. The Hall–Kier alpha value is -2.96. The zero-order valence-corrected chi connectivity index (χ0v) is 28.7. The van der Waals surface area contributed by atoms with E-state index >= 15 is 0 Å². The van der Waals surface area contributed by atoms with Crippen LogP contribution in [0.25, 0.3) is 0 Å². The van der Waals surface area contributed by atoms with Gasteiger partial charge in [-0.15, -0.1) is 0 Å². The lowest BCUT2D eigenvalue weighted by Crippen LogP contribution is -2.38. The summed E-state index contributed by atoms with van der Waals surface area (Å²) in [6, 6.07) is 8.34. The number of carbonyl (C=O) groups is 1. The van der Waals surface area contributed by atoms with Crippen LogP contribution in [0.1, 0.15) is 68.1 Å². The Morgan fingerprint density at radius 2 is 1.81 bits per heavy atom. The lowest BCUT2D eigenvalue weighted by atomic mass is 10.0. The molecule has 0 aliphatic heterocycles. The number of aliphatic hydroxyl groups is 1. The molecule has 0 heterocycles. The van der Waals surface area contributed by atoms with Gasteiger partial charge in [0.25, 0.3) is 5.91 Å². The summed E-state index contributed by atoms with van der Waals surface area (Å²) >= 11 is 12.9. The summed E-state index contributed by atoms with van der Waals surface area (Å²) in [7, 11) is -4.94. The predicted molar refractivity (Wildman–Crippen MR) is 176 cm³/mol. The van der Waals surface area contributed by atoms with Crippen molar-refractivity contribution in [3.05, 3.63) is 87.1 Å². The fourth-order valence-corrected chi connectivity index (χ4v) is 4.93. The highest BCUT2D eigenvalue weighted by Crippen LogP contribution is 2.40. The quantitative estimate of drug-likeness (QED) is 0.0907. The number of hydrogen-bond donors (Lipinski definition) is 5. The number of nitrogens with one attached hydrogen (secondary N) is 2. The summed E-state index contributed by atoms with van der Waals surface area (Å²) < 4.78 is 52.6. The highest BCUT2D eigenvalue weighted by Gasteiger charge is 2.24. The molecule has 258 valence electrons. The summed E-state index contributed by atoms with van der Waals surface area (Å²) in [5.41, 5.74) is 0.614. The molecule has 1 amide bonds. The predicted octanol–water partition coefficient (Wildman–Crippen LogP) is 7.09. The number of rotatable bonds is 16. The van der Waals surface area contributed by atoms with Crippen LogP contribution in [0.4, 0.5) is 8.78 Å². The molecule has 0 spiro atoms. The second-order valence-corrected chi connectivity index (χ2v) is 13.8. The molecule has 0 bridgehead atoms. The van der Waals surface area contributed by atoms with Gasteiger partial charge in [-0.2, -0.15) is 8.78 Å². The number of phosphoric acid groups is 1. The normalized spacial score (nSPS) is 15.4. The molecule has 1 aliphatic carbocycles. The topological polar surface area (TPSA) is 147 Å². The van der Waals surface area contributed by atoms with E-state index in [0.29, 0.717) is 23.7 Å². The first-order chi connectivity index (χ1) is 22.0. The number of alkyl halides is 2. The number of phosphoric ester groups is 1. The van der Waals surface area contributed by atoms with Crippen LogP contribution < -0.4 is 24.6 Å². The van der Waals surface area contributed by atoms with Crippen LogP contribution in [0.5, 0.6) is 17.2 Å². The average Bonchev–Trinajstić information content (AvgIpc) is 3.81. The van der Waals surface area contributed by atoms with Crippen molar-refractivity contribution in [2.75, 3.05) is 13.2 Å². The van der Waals surface area contributed by atoms with Crippen molar-refractivity contribution >= 4 is 36.9 Å². The van der Waals surface area contributed by atoms with E-state index in [4.69, 9.17) is 32.5 Å². The number of hydrogen-bond acceptors (Lipinski definition) is 7. The first-order valence-corrected chi connectivity index (χ1v) is 17.0. The molecule has 1 unspecified atom stereocenters. The van der Waals surface area contributed by atoms with Crippen LogP contribution in [-0.4, -0.2) is 46.1 Å². The van der Waals surface area contributed by atoms with Gasteiger partial charge in [0.15, 0.2) is 11.5 Å². The Morgan fingerprint density at radius 1 is 1.11 bits per heavy atom. The molecule has 3 rings (SSSR count). The number of allylic oxidation sites excluding steroid dienone is 5. The van der Waals surface area contributed by atoms with E-state index in [0.717, 1.165) is 12.8 Å².